The number of phenols is 1. The first-order valence-electron chi connectivity index (χ1n) is 9.69. The molecule has 0 fully saturated rings. The quantitative estimate of drug-likeness (QED) is 0.259. The number of aromatic hydroxyl groups is 1. The molecule has 0 saturated heterocycles. The van der Waals surface area contributed by atoms with Gasteiger partial charge >= 0.3 is 5.97 Å². The third-order valence-corrected chi connectivity index (χ3v) is 4.13. The van der Waals surface area contributed by atoms with E-state index in [1.807, 2.05) is 0 Å². The summed E-state index contributed by atoms with van der Waals surface area (Å²) in [6.07, 6.45) is 0.772. The Balaban J connectivity index is 1.83. The van der Waals surface area contributed by atoms with Crippen molar-refractivity contribution in [3.63, 3.8) is 0 Å². The average molecular weight is 421 g/mol. The van der Waals surface area contributed by atoms with Crippen LogP contribution in [0.25, 0.3) is 0 Å². The maximum atomic E-state index is 12.3. The van der Waals surface area contributed by atoms with Crippen LogP contribution in [0.1, 0.15) is 30.1 Å². The molecule has 30 heavy (non-hydrogen) atoms. The number of carbonyl (C=O) groups excluding carboxylic acids is 2. The van der Waals surface area contributed by atoms with Crippen LogP contribution >= 0.6 is 0 Å². The lowest BCUT2D eigenvalue weighted by molar-refractivity contribution is -0.141. The SMILES string of the molecule is CCCC(=O)N[C@@H](CNC(=O)c1ccc(OCCNC2=NCCN2)cc1O)C(=O)O. The maximum Gasteiger partial charge on any atom is 0.328 e. The predicted molar refractivity (Wildman–Crippen MR) is 109 cm³/mol. The maximum absolute atomic E-state index is 12.3. The number of rotatable bonds is 11. The summed E-state index contributed by atoms with van der Waals surface area (Å²) in [6.45, 7) is 3.85. The molecule has 0 aliphatic carbocycles. The van der Waals surface area contributed by atoms with Crippen LogP contribution in [0.5, 0.6) is 11.5 Å². The lowest BCUT2D eigenvalue weighted by atomic mass is 10.1. The zero-order chi connectivity index (χ0) is 21.9. The first kappa shape index (κ1) is 22.8. The number of ether oxygens (including phenoxy) is 1. The van der Waals surface area contributed by atoms with Crippen LogP contribution in [0.4, 0.5) is 0 Å². The third kappa shape index (κ3) is 7.15. The van der Waals surface area contributed by atoms with E-state index >= 15 is 0 Å². The monoisotopic (exact) mass is 421 g/mol. The minimum atomic E-state index is -1.26. The Morgan fingerprint density at radius 1 is 1.33 bits per heavy atom. The van der Waals surface area contributed by atoms with Crippen molar-refractivity contribution in [1.29, 1.82) is 0 Å². The van der Waals surface area contributed by atoms with Crippen molar-refractivity contribution in [2.24, 2.45) is 4.99 Å². The molecule has 1 heterocycles. The number of phenolic OH excluding ortho intramolecular Hbond substituents is 1. The van der Waals surface area contributed by atoms with Gasteiger partial charge in [0.15, 0.2) is 5.96 Å². The molecule has 164 valence electrons. The van der Waals surface area contributed by atoms with E-state index in [9.17, 15) is 24.6 Å². The van der Waals surface area contributed by atoms with E-state index in [2.05, 4.69) is 26.3 Å². The molecule has 0 radical (unpaired) electrons. The highest BCUT2D eigenvalue weighted by Crippen LogP contribution is 2.23. The molecule has 0 aromatic heterocycles. The van der Waals surface area contributed by atoms with Crippen molar-refractivity contribution in [2.45, 2.75) is 25.8 Å². The molecule has 11 nitrogen and oxygen atoms in total. The van der Waals surface area contributed by atoms with Crippen molar-refractivity contribution >= 4 is 23.7 Å². The molecule has 0 unspecified atom stereocenters. The number of amides is 2. The van der Waals surface area contributed by atoms with Gasteiger partial charge in [-0.15, -0.1) is 0 Å². The van der Waals surface area contributed by atoms with Crippen molar-refractivity contribution in [1.82, 2.24) is 21.3 Å². The van der Waals surface area contributed by atoms with Gasteiger partial charge in [0.25, 0.3) is 5.91 Å². The second-order valence-corrected chi connectivity index (χ2v) is 6.53. The Labute approximate surface area is 173 Å². The summed E-state index contributed by atoms with van der Waals surface area (Å²) < 4.78 is 5.52. The predicted octanol–water partition coefficient (Wildman–Crippen LogP) is -0.581. The number of benzene rings is 1. The van der Waals surface area contributed by atoms with E-state index in [1.54, 1.807) is 6.92 Å². The second kappa shape index (κ2) is 11.5. The summed E-state index contributed by atoms with van der Waals surface area (Å²) in [5.41, 5.74) is -0.0333. The summed E-state index contributed by atoms with van der Waals surface area (Å²) in [4.78, 5) is 39.3. The minimum Gasteiger partial charge on any atom is -0.507 e. The van der Waals surface area contributed by atoms with Gasteiger partial charge in [0, 0.05) is 25.6 Å². The molecule has 6 N–H and O–H groups in total. The number of guanidine groups is 1. The molecule has 2 rings (SSSR count). The van der Waals surface area contributed by atoms with Crippen LogP contribution in [-0.4, -0.2) is 72.8 Å². The first-order chi connectivity index (χ1) is 14.4. The van der Waals surface area contributed by atoms with Crippen LogP contribution < -0.4 is 26.0 Å². The normalized spacial score (nSPS) is 13.6. The minimum absolute atomic E-state index is 0.0333. The van der Waals surface area contributed by atoms with E-state index in [-0.39, 0.29) is 24.3 Å². The molecule has 1 aliphatic heterocycles. The van der Waals surface area contributed by atoms with Gasteiger partial charge in [-0.2, -0.15) is 0 Å². The van der Waals surface area contributed by atoms with Crippen molar-refractivity contribution in [2.75, 3.05) is 32.8 Å². The fraction of sp³-hybridized carbons (Fsp3) is 0.474. The van der Waals surface area contributed by atoms with Gasteiger partial charge in [-0.1, -0.05) is 6.92 Å². The number of hydrogen-bond acceptors (Lipinski definition) is 8. The second-order valence-electron chi connectivity index (χ2n) is 6.53. The first-order valence-corrected chi connectivity index (χ1v) is 9.69. The van der Waals surface area contributed by atoms with Gasteiger partial charge in [0.1, 0.15) is 24.1 Å². The Kier molecular flexibility index (Phi) is 8.73. The van der Waals surface area contributed by atoms with E-state index in [4.69, 9.17) is 4.74 Å². The number of nitrogens with one attached hydrogen (secondary N) is 4. The van der Waals surface area contributed by atoms with Crippen molar-refractivity contribution < 1.29 is 29.3 Å². The van der Waals surface area contributed by atoms with Crippen LogP contribution in [0.3, 0.4) is 0 Å². The molecular weight excluding hydrogens is 394 g/mol. The molecular formula is C19H27N5O6. The number of carboxylic acids is 1. The Morgan fingerprint density at radius 2 is 2.13 bits per heavy atom. The smallest absolute Gasteiger partial charge is 0.328 e. The summed E-state index contributed by atoms with van der Waals surface area (Å²) in [6, 6.07) is 2.95. The van der Waals surface area contributed by atoms with E-state index in [0.717, 1.165) is 19.0 Å². The van der Waals surface area contributed by atoms with Crippen LogP contribution in [-0.2, 0) is 9.59 Å². The Morgan fingerprint density at radius 3 is 2.77 bits per heavy atom. The Bertz CT molecular complexity index is 798. The zero-order valence-corrected chi connectivity index (χ0v) is 16.7. The zero-order valence-electron chi connectivity index (χ0n) is 16.7. The highest BCUT2D eigenvalue weighted by atomic mass is 16.5. The average Bonchev–Trinajstić information content (AvgIpc) is 3.22. The number of carboxylic acid groups (broad SMARTS) is 1. The van der Waals surface area contributed by atoms with Gasteiger partial charge in [-0.3, -0.25) is 14.6 Å². The molecule has 0 spiro atoms. The van der Waals surface area contributed by atoms with Crippen LogP contribution in [0, 0.1) is 0 Å². The molecule has 1 atom stereocenters. The van der Waals surface area contributed by atoms with E-state index in [0.29, 0.717) is 25.3 Å². The highest BCUT2D eigenvalue weighted by molar-refractivity contribution is 5.97. The molecule has 2 amide bonds. The topological polar surface area (TPSA) is 161 Å². The standard InChI is InChI=1S/C19H27N5O6/c1-2-3-16(26)24-14(18(28)29)11-23-17(27)13-5-4-12(10-15(13)25)30-9-8-22-19-20-6-7-21-19/h4-5,10,14,25H,2-3,6-9,11H2,1H3,(H,23,27)(H,24,26)(H,28,29)(H2,20,21,22)/t14-/m0/s1. The summed E-state index contributed by atoms with van der Waals surface area (Å²) >= 11 is 0. The molecule has 11 heteroatoms. The third-order valence-electron chi connectivity index (χ3n) is 4.13. The largest absolute Gasteiger partial charge is 0.507 e. The van der Waals surface area contributed by atoms with Gasteiger partial charge in [-0.05, 0) is 18.6 Å². The number of aliphatic carboxylic acids is 1. The highest BCUT2D eigenvalue weighted by Gasteiger charge is 2.21. The van der Waals surface area contributed by atoms with Gasteiger partial charge in [0.05, 0.1) is 18.7 Å². The van der Waals surface area contributed by atoms with Crippen molar-refractivity contribution in [3.05, 3.63) is 23.8 Å². The summed E-state index contributed by atoms with van der Waals surface area (Å²) in [7, 11) is 0. The molecule has 1 aliphatic rings. The fourth-order valence-electron chi connectivity index (χ4n) is 2.63. The van der Waals surface area contributed by atoms with E-state index < -0.39 is 23.8 Å². The van der Waals surface area contributed by atoms with Crippen molar-refractivity contribution in [3.8, 4) is 11.5 Å². The van der Waals surface area contributed by atoms with E-state index in [1.165, 1.54) is 18.2 Å². The Hall–Kier alpha value is -3.50. The van der Waals surface area contributed by atoms with Gasteiger partial charge < -0.3 is 36.2 Å². The number of aliphatic imine (C=N–C) groups is 1. The lowest BCUT2D eigenvalue weighted by Crippen LogP contribution is -2.48. The molecule has 0 saturated carbocycles. The van der Waals surface area contributed by atoms with Crippen LogP contribution in [0.2, 0.25) is 0 Å². The summed E-state index contributed by atoms with van der Waals surface area (Å²) in [5, 5.41) is 30.2. The van der Waals surface area contributed by atoms with Crippen LogP contribution in [0.15, 0.2) is 23.2 Å². The fourth-order valence-corrected chi connectivity index (χ4v) is 2.63. The lowest BCUT2D eigenvalue weighted by Gasteiger charge is -2.16. The number of carbonyl (C=O) groups is 3. The molecule has 0 bridgehead atoms. The summed E-state index contributed by atoms with van der Waals surface area (Å²) in [5.74, 6) is -1.54. The van der Waals surface area contributed by atoms with Gasteiger partial charge in [-0.25, -0.2) is 4.79 Å². The molecule has 1 aromatic carbocycles. The number of nitrogens with zero attached hydrogens (tertiary/aromatic N) is 1. The number of hydrogen-bond donors (Lipinski definition) is 6. The molecule has 1 aromatic rings. The van der Waals surface area contributed by atoms with Gasteiger partial charge in [0.2, 0.25) is 5.91 Å².